The van der Waals surface area contributed by atoms with Crippen LogP contribution in [0.4, 0.5) is 13.2 Å². The van der Waals surface area contributed by atoms with Gasteiger partial charge < -0.3 is 15.2 Å². The number of carbonyl (C=O) groups is 2. The fraction of sp³-hybridized carbons (Fsp3) is 0.286. The lowest BCUT2D eigenvalue weighted by Gasteiger charge is -2.08. The molecule has 0 spiro atoms. The molecule has 8 nitrogen and oxygen atoms in total. The molecule has 1 aromatic heterocycles. The highest BCUT2D eigenvalue weighted by Gasteiger charge is 2.30. The lowest BCUT2D eigenvalue weighted by Crippen LogP contribution is -2.28. The van der Waals surface area contributed by atoms with Gasteiger partial charge in [0.15, 0.2) is 5.69 Å². The van der Waals surface area contributed by atoms with Crippen LogP contribution in [-0.2, 0) is 15.7 Å². The molecule has 1 amide bonds. The van der Waals surface area contributed by atoms with E-state index in [1.54, 1.807) is 0 Å². The first kappa shape index (κ1) is 18.4. The highest BCUT2D eigenvalue weighted by Crippen LogP contribution is 2.30. The van der Waals surface area contributed by atoms with Crippen LogP contribution < -0.4 is 5.32 Å². The number of benzene rings is 1. The monoisotopic (exact) mass is 358 g/mol. The molecule has 2 aromatic rings. The summed E-state index contributed by atoms with van der Waals surface area (Å²) in [6.45, 7) is -0.454. The zero-order valence-electron chi connectivity index (χ0n) is 12.7. The maximum absolute atomic E-state index is 12.7. The summed E-state index contributed by atoms with van der Waals surface area (Å²) in [6, 6.07) is 4.42. The van der Waals surface area contributed by atoms with E-state index in [4.69, 9.17) is 9.84 Å². The van der Waals surface area contributed by atoms with E-state index in [1.807, 2.05) is 0 Å². The Balaban J connectivity index is 1.98. The van der Waals surface area contributed by atoms with Crippen molar-refractivity contribution >= 4 is 11.9 Å². The van der Waals surface area contributed by atoms with Gasteiger partial charge >= 0.3 is 12.1 Å². The third-order valence-corrected chi connectivity index (χ3v) is 2.92. The van der Waals surface area contributed by atoms with Gasteiger partial charge in [0.2, 0.25) is 0 Å². The zero-order valence-corrected chi connectivity index (χ0v) is 12.7. The summed E-state index contributed by atoms with van der Waals surface area (Å²) in [7, 11) is 0. The summed E-state index contributed by atoms with van der Waals surface area (Å²) in [5, 5.41) is 18.0. The van der Waals surface area contributed by atoms with Crippen molar-refractivity contribution in [3.05, 3.63) is 41.7 Å². The van der Waals surface area contributed by atoms with Gasteiger partial charge in [-0.2, -0.15) is 13.2 Å². The van der Waals surface area contributed by atoms with Crippen molar-refractivity contribution in [2.75, 3.05) is 19.8 Å². The van der Waals surface area contributed by atoms with E-state index in [2.05, 4.69) is 15.6 Å². The van der Waals surface area contributed by atoms with Gasteiger partial charge in [-0.25, -0.2) is 9.48 Å². The first-order chi connectivity index (χ1) is 11.8. The summed E-state index contributed by atoms with van der Waals surface area (Å²) >= 11 is 0. The molecule has 11 heteroatoms. The van der Waals surface area contributed by atoms with Gasteiger partial charge in [0.25, 0.3) is 5.91 Å². The van der Waals surface area contributed by atoms with Gasteiger partial charge in [-0.1, -0.05) is 11.3 Å². The summed E-state index contributed by atoms with van der Waals surface area (Å²) in [5.74, 6) is -1.74. The first-order valence-electron chi connectivity index (χ1n) is 6.95. The van der Waals surface area contributed by atoms with Crippen LogP contribution in [0.1, 0.15) is 16.1 Å². The maximum atomic E-state index is 12.7. The van der Waals surface area contributed by atoms with Gasteiger partial charge in [0.05, 0.1) is 24.1 Å². The molecule has 0 aliphatic rings. The van der Waals surface area contributed by atoms with Gasteiger partial charge in [-0.05, 0) is 18.2 Å². The van der Waals surface area contributed by atoms with Crippen LogP contribution in [0.15, 0.2) is 30.5 Å². The number of nitrogens with one attached hydrogen (secondary N) is 1. The molecule has 0 fully saturated rings. The molecule has 1 heterocycles. The van der Waals surface area contributed by atoms with Gasteiger partial charge in [0, 0.05) is 6.54 Å². The van der Waals surface area contributed by atoms with E-state index < -0.39 is 30.2 Å². The highest BCUT2D eigenvalue weighted by atomic mass is 19.4. The number of carboxylic acid groups (broad SMARTS) is 1. The second kappa shape index (κ2) is 7.75. The molecule has 0 radical (unpaired) electrons. The number of carbonyl (C=O) groups excluding carboxylic acids is 1. The molecule has 1 aromatic carbocycles. The number of aromatic nitrogens is 3. The number of rotatable bonds is 7. The highest BCUT2D eigenvalue weighted by molar-refractivity contribution is 5.91. The van der Waals surface area contributed by atoms with Crippen molar-refractivity contribution in [1.29, 1.82) is 0 Å². The minimum absolute atomic E-state index is 0.0141. The van der Waals surface area contributed by atoms with Crippen LogP contribution in [0.25, 0.3) is 5.69 Å². The Morgan fingerprint density at radius 2 is 2.08 bits per heavy atom. The Morgan fingerprint density at radius 1 is 1.32 bits per heavy atom. The number of alkyl halides is 3. The smallest absolute Gasteiger partial charge is 0.416 e. The standard InChI is InChI=1S/C14H13F3N4O4/c15-14(16,17)9-2-1-3-10(6-9)21-7-11(19-20-21)13(24)18-4-5-25-8-12(22)23/h1-3,6-7H,4-5,8H2,(H,18,24)(H,22,23). The molecule has 0 unspecified atom stereocenters. The van der Waals surface area contributed by atoms with Crippen molar-refractivity contribution in [3.63, 3.8) is 0 Å². The third-order valence-electron chi connectivity index (χ3n) is 2.92. The van der Waals surface area contributed by atoms with E-state index >= 15 is 0 Å². The van der Waals surface area contributed by atoms with E-state index in [0.717, 1.165) is 16.8 Å². The number of nitrogens with zero attached hydrogens (tertiary/aromatic N) is 3. The molecule has 0 atom stereocenters. The molecule has 0 aliphatic heterocycles. The fourth-order valence-electron chi connectivity index (χ4n) is 1.81. The van der Waals surface area contributed by atoms with Crippen molar-refractivity contribution in [2.24, 2.45) is 0 Å². The topological polar surface area (TPSA) is 106 Å². The van der Waals surface area contributed by atoms with Crippen LogP contribution in [0, 0.1) is 0 Å². The number of aliphatic carboxylic acids is 1. The predicted molar refractivity (Wildman–Crippen MR) is 77.1 cm³/mol. The van der Waals surface area contributed by atoms with E-state index in [0.29, 0.717) is 0 Å². The summed E-state index contributed by atoms with van der Waals surface area (Å²) in [4.78, 5) is 22.1. The number of carboxylic acids is 1. The number of ether oxygens (including phenoxy) is 1. The largest absolute Gasteiger partial charge is 0.480 e. The molecule has 0 saturated heterocycles. The van der Waals surface area contributed by atoms with Gasteiger partial charge in [0.1, 0.15) is 6.61 Å². The average Bonchev–Trinajstić information content (AvgIpc) is 3.03. The molecule has 134 valence electrons. The second-order valence-corrected chi connectivity index (χ2v) is 4.80. The molecular formula is C14H13F3N4O4. The Morgan fingerprint density at radius 3 is 2.76 bits per heavy atom. The number of hydrogen-bond donors (Lipinski definition) is 2. The van der Waals surface area contributed by atoms with Gasteiger partial charge in [-0.3, -0.25) is 4.79 Å². The molecule has 0 bridgehead atoms. The second-order valence-electron chi connectivity index (χ2n) is 4.80. The Labute approximate surface area is 139 Å². The van der Waals surface area contributed by atoms with E-state index in [-0.39, 0.29) is 24.5 Å². The molecular weight excluding hydrogens is 345 g/mol. The van der Waals surface area contributed by atoms with Crippen LogP contribution in [0.3, 0.4) is 0 Å². The SMILES string of the molecule is O=C(O)COCCNC(=O)c1cn(-c2cccc(C(F)(F)F)c2)nn1. The Bertz CT molecular complexity index is 761. The summed E-state index contributed by atoms with van der Waals surface area (Å²) in [6.07, 6.45) is -3.31. The number of halogens is 3. The fourth-order valence-corrected chi connectivity index (χ4v) is 1.81. The lowest BCUT2D eigenvalue weighted by molar-refractivity contribution is -0.142. The molecule has 0 aliphatic carbocycles. The van der Waals surface area contributed by atoms with Crippen molar-refractivity contribution in [2.45, 2.75) is 6.18 Å². The van der Waals surface area contributed by atoms with Crippen LogP contribution in [0.2, 0.25) is 0 Å². The number of amides is 1. The van der Waals surface area contributed by atoms with Crippen LogP contribution in [0.5, 0.6) is 0 Å². The van der Waals surface area contributed by atoms with Crippen molar-refractivity contribution in [3.8, 4) is 5.69 Å². The predicted octanol–water partition coefficient (Wildman–Crippen LogP) is 1.12. The molecule has 2 rings (SSSR count). The maximum Gasteiger partial charge on any atom is 0.416 e. The van der Waals surface area contributed by atoms with Crippen molar-refractivity contribution in [1.82, 2.24) is 20.3 Å². The first-order valence-corrected chi connectivity index (χ1v) is 6.95. The zero-order chi connectivity index (χ0) is 18.4. The molecule has 25 heavy (non-hydrogen) atoms. The lowest BCUT2D eigenvalue weighted by atomic mass is 10.2. The molecule has 0 saturated carbocycles. The number of hydrogen-bond acceptors (Lipinski definition) is 5. The minimum Gasteiger partial charge on any atom is -0.480 e. The van der Waals surface area contributed by atoms with E-state index in [1.165, 1.54) is 18.3 Å². The van der Waals surface area contributed by atoms with Crippen molar-refractivity contribution < 1.29 is 32.6 Å². The third kappa shape index (κ3) is 5.28. The average molecular weight is 358 g/mol. The summed E-state index contributed by atoms with van der Waals surface area (Å²) < 4.78 is 43.9. The van der Waals surface area contributed by atoms with E-state index in [9.17, 15) is 22.8 Å². The Hall–Kier alpha value is -2.95. The van der Waals surface area contributed by atoms with Crippen LogP contribution >= 0.6 is 0 Å². The molecule has 2 N–H and O–H groups in total. The van der Waals surface area contributed by atoms with Gasteiger partial charge in [-0.15, -0.1) is 5.10 Å². The quantitative estimate of drug-likeness (QED) is 0.719. The van der Waals surface area contributed by atoms with Crippen LogP contribution in [-0.4, -0.2) is 51.7 Å². The minimum atomic E-state index is -4.49. The Kier molecular flexibility index (Phi) is 5.70. The normalized spacial score (nSPS) is 11.3. The summed E-state index contributed by atoms with van der Waals surface area (Å²) in [5.41, 5.74) is -0.844.